The number of hydrogen-bond donors (Lipinski definition) is 3. The Bertz CT molecular complexity index is 1130. The summed E-state index contributed by atoms with van der Waals surface area (Å²) in [6.07, 6.45) is 2.32. The second kappa shape index (κ2) is 7.98. The number of aromatic nitrogens is 2. The van der Waals surface area contributed by atoms with Crippen LogP contribution in [0, 0.1) is 5.41 Å². The number of esters is 1. The minimum atomic E-state index is -0.366. The highest BCUT2D eigenvalue weighted by Crippen LogP contribution is 2.41. The molecule has 0 saturated heterocycles. The molecule has 0 radical (unpaired) electrons. The molecule has 1 amide bonds. The Kier molecular flexibility index (Phi) is 5.22. The predicted octanol–water partition coefficient (Wildman–Crippen LogP) is 2.62. The molecule has 0 bridgehead atoms. The maximum Gasteiger partial charge on any atom is 0.307 e. The van der Waals surface area contributed by atoms with Gasteiger partial charge in [0, 0.05) is 29.3 Å². The number of carbonyl (C=O) groups is 2. The number of nitrogens with one attached hydrogen (secondary N) is 2. The van der Waals surface area contributed by atoms with Crippen LogP contribution in [0.15, 0.2) is 42.5 Å². The van der Waals surface area contributed by atoms with Crippen molar-refractivity contribution in [3.8, 4) is 11.4 Å². The zero-order chi connectivity index (χ0) is 21.3. The first-order valence-electron chi connectivity index (χ1n) is 9.79. The highest BCUT2D eigenvalue weighted by Gasteiger charge is 2.29. The smallest absolute Gasteiger partial charge is 0.307 e. The molecule has 8 nitrogen and oxygen atoms in total. The van der Waals surface area contributed by atoms with Crippen LogP contribution in [0.1, 0.15) is 41.2 Å². The van der Waals surface area contributed by atoms with Gasteiger partial charge >= 0.3 is 5.97 Å². The fourth-order valence-electron chi connectivity index (χ4n) is 3.43. The van der Waals surface area contributed by atoms with E-state index in [1.807, 2.05) is 30.3 Å². The molecule has 30 heavy (non-hydrogen) atoms. The van der Waals surface area contributed by atoms with Gasteiger partial charge in [-0.25, -0.2) is 4.98 Å². The molecule has 154 valence electrons. The van der Waals surface area contributed by atoms with Crippen molar-refractivity contribution in [2.45, 2.75) is 25.3 Å². The minimum absolute atomic E-state index is 0.0279. The van der Waals surface area contributed by atoms with Crippen molar-refractivity contribution in [2.24, 2.45) is 5.73 Å². The predicted molar refractivity (Wildman–Crippen MR) is 113 cm³/mol. The summed E-state index contributed by atoms with van der Waals surface area (Å²) >= 11 is 0. The van der Waals surface area contributed by atoms with Crippen LogP contribution in [0.2, 0.25) is 0 Å². The molecule has 4 N–H and O–H groups in total. The van der Waals surface area contributed by atoms with Gasteiger partial charge in [-0.15, -0.1) is 0 Å². The zero-order valence-electron chi connectivity index (χ0n) is 16.6. The summed E-state index contributed by atoms with van der Waals surface area (Å²) < 4.78 is 6.80. The number of benzene rings is 2. The van der Waals surface area contributed by atoms with Gasteiger partial charge < -0.3 is 20.4 Å². The Morgan fingerprint density at radius 2 is 1.90 bits per heavy atom. The maximum absolute atomic E-state index is 12.4. The third kappa shape index (κ3) is 3.89. The lowest BCUT2D eigenvalue weighted by Crippen LogP contribution is -2.26. The number of hydrogen-bond acceptors (Lipinski definition) is 5. The van der Waals surface area contributed by atoms with Crippen molar-refractivity contribution in [1.29, 1.82) is 5.41 Å². The van der Waals surface area contributed by atoms with E-state index in [0.29, 0.717) is 17.2 Å². The average Bonchev–Trinajstić information content (AvgIpc) is 3.52. The van der Waals surface area contributed by atoms with Gasteiger partial charge in [0.1, 0.15) is 11.7 Å². The zero-order valence-corrected chi connectivity index (χ0v) is 16.6. The van der Waals surface area contributed by atoms with E-state index in [2.05, 4.69) is 14.6 Å². The normalized spacial score (nSPS) is 13.2. The van der Waals surface area contributed by atoms with Crippen LogP contribution >= 0.6 is 0 Å². The number of ether oxygens (including phenoxy) is 1. The van der Waals surface area contributed by atoms with Crippen LogP contribution in [0.5, 0.6) is 0 Å². The highest BCUT2D eigenvalue weighted by atomic mass is 16.5. The number of nitrogens with zero attached hydrogens (tertiary/aromatic N) is 2. The molecule has 0 spiro atoms. The standard InChI is InChI=1S/C22H23N5O3/c1-30-19(28)10-11-25-22(29)15-6-9-18-17(12-15)26-21(27(18)16-7-8-16)14-4-2-13(3-5-14)20(23)24/h2-6,9,12,16H,7-8,10-11H2,1H3,(H3,23,24)(H,25,29). The fraction of sp³-hybridized carbons (Fsp3) is 0.273. The Morgan fingerprint density at radius 3 is 2.53 bits per heavy atom. The number of carbonyl (C=O) groups excluding carboxylic acids is 2. The van der Waals surface area contributed by atoms with E-state index in [1.54, 1.807) is 12.1 Å². The van der Waals surface area contributed by atoms with Gasteiger partial charge in [0.2, 0.25) is 0 Å². The minimum Gasteiger partial charge on any atom is -0.469 e. The molecule has 1 aliphatic carbocycles. The Labute approximate surface area is 173 Å². The van der Waals surface area contributed by atoms with Gasteiger partial charge in [0.25, 0.3) is 5.91 Å². The molecule has 4 rings (SSSR count). The van der Waals surface area contributed by atoms with Crippen LogP contribution in [0.25, 0.3) is 22.4 Å². The summed E-state index contributed by atoms with van der Waals surface area (Å²) in [4.78, 5) is 28.4. The van der Waals surface area contributed by atoms with Crippen molar-refractivity contribution in [3.63, 3.8) is 0 Å². The Hall–Kier alpha value is -3.68. The Balaban J connectivity index is 1.64. The lowest BCUT2D eigenvalue weighted by Gasteiger charge is -2.09. The van der Waals surface area contributed by atoms with E-state index >= 15 is 0 Å². The number of fused-ring (bicyclic) bond motifs is 1. The molecule has 8 heteroatoms. The van der Waals surface area contributed by atoms with Gasteiger partial charge in [-0.05, 0) is 31.0 Å². The summed E-state index contributed by atoms with van der Waals surface area (Å²) in [5.41, 5.74) is 9.37. The van der Waals surface area contributed by atoms with Gasteiger partial charge in [0.05, 0.1) is 24.6 Å². The number of amides is 1. The quantitative estimate of drug-likeness (QED) is 0.317. The van der Waals surface area contributed by atoms with Crippen LogP contribution in [-0.2, 0) is 9.53 Å². The fourth-order valence-corrected chi connectivity index (χ4v) is 3.43. The number of rotatable bonds is 7. The number of nitrogens with two attached hydrogens (primary N) is 1. The van der Waals surface area contributed by atoms with E-state index in [1.165, 1.54) is 7.11 Å². The Morgan fingerprint density at radius 1 is 1.20 bits per heavy atom. The molecule has 0 unspecified atom stereocenters. The molecule has 3 aromatic rings. The van der Waals surface area contributed by atoms with E-state index < -0.39 is 0 Å². The van der Waals surface area contributed by atoms with E-state index in [-0.39, 0.29) is 30.7 Å². The third-order valence-electron chi connectivity index (χ3n) is 5.16. The summed E-state index contributed by atoms with van der Waals surface area (Å²) in [5.74, 6) is 0.245. The molecular formula is C22H23N5O3. The van der Waals surface area contributed by atoms with Crippen molar-refractivity contribution in [1.82, 2.24) is 14.9 Å². The molecular weight excluding hydrogens is 382 g/mol. The number of methoxy groups -OCH3 is 1. The third-order valence-corrected chi connectivity index (χ3v) is 5.16. The van der Waals surface area contributed by atoms with Crippen LogP contribution in [0.4, 0.5) is 0 Å². The summed E-state index contributed by atoms with van der Waals surface area (Å²) in [6.45, 7) is 0.216. The summed E-state index contributed by atoms with van der Waals surface area (Å²) in [7, 11) is 1.32. The van der Waals surface area contributed by atoms with Crippen LogP contribution in [0.3, 0.4) is 0 Å². The van der Waals surface area contributed by atoms with Crippen molar-refractivity contribution >= 4 is 28.7 Å². The van der Waals surface area contributed by atoms with Gasteiger partial charge in [-0.3, -0.25) is 15.0 Å². The molecule has 1 aromatic heterocycles. The first-order chi connectivity index (χ1) is 14.5. The molecule has 1 fully saturated rings. The number of imidazole rings is 1. The molecule has 0 atom stereocenters. The second-order valence-electron chi connectivity index (χ2n) is 7.31. The SMILES string of the molecule is COC(=O)CCNC(=O)c1ccc2c(c1)nc(-c1ccc(C(=N)N)cc1)n2C1CC1. The lowest BCUT2D eigenvalue weighted by molar-refractivity contribution is -0.140. The van der Waals surface area contributed by atoms with Crippen LogP contribution < -0.4 is 11.1 Å². The van der Waals surface area contributed by atoms with E-state index in [4.69, 9.17) is 16.1 Å². The second-order valence-corrected chi connectivity index (χ2v) is 7.31. The number of nitrogen functional groups attached to an aromatic ring is 1. The van der Waals surface area contributed by atoms with Gasteiger partial charge in [0.15, 0.2) is 0 Å². The highest BCUT2D eigenvalue weighted by molar-refractivity contribution is 5.98. The lowest BCUT2D eigenvalue weighted by atomic mass is 10.1. The van der Waals surface area contributed by atoms with Crippen LogP contribution in [-0.4, -0.2) is 40.9 Å². The van der Waals surface area contributed by atoms with Gasteiger partial charge in [-0.2, -0.15) is 0 Å². The summed E-state index contributed by atoms with van der Waals surface area (Å²) in [5, 5.41) is 10.3. The van der Waals surface area contributed by atoms with E-state index in [9.17, 15) is 9.59 Å². The summed E-state index contributed by atoms with van der Waals surface area (Å²) in [6, 6.07) is 13.3. The monoisotopic (exact) mass is 405 g/mol. The molecule has 1 aliphatic rings. The van der Waals surface area contributed by atoms with E-state index in [0.717, 1.165) is 35.3 Å². The molecule has 1 saturated carbocycles. The number of amidine groups is 1. The molecule has 1 heterocycles. The van der Waals surface area contributed by atoms with Crippen molar-refractivity contribution in [3.05, 3.63) is 53.6 Å². The first-order valence-corrected chi connectivity index (χ1v) is 9.79. The maximum atomic E-state index is 12.4. The molecule has 2 aromatic carbocycles. The largest absolute Gasteiger partial charge is 0.469 e. The van der Waals surface area contributed by atoms with Crippen molar-refractivity contribution in [2.75, 3.05) is 13.7 Å². The average molecular weight is 405 g/mol. The first kappa shape index (κ1) is 19.6. The van der Waals surface area contributed by atoms with Crippen molar-refractivity contribution < 1.29 is 14.3 Å². The molecule has 0 aliphatic heterocycles. The van der Waals surface area contributed by atoms with Gasteiger partial charge in [-0.1, -0.05) is 24.3 Å². The topological polar surface area (TPSA) is 123 Å².